The van der Waals surface area contributed by atoms with Crippen molar-refractivity contribution in [2.45, 2.75) is 12.5 Å². The third-order valence-electron chi connectivity index (χ3n) is 4.07. The summed E-state index contributed by atoms with van der Waals surface area (Å²) in [4.78, 5) is 24.0. The van der Waals surface area contributed by atoms with E-state index < -0.39 is 17.9 Å². The Morgan fingerprint density at radius 1 is 1.22 bits per heavy atom. The maximum Gasteiger partial charge on any atom is 0.326 e. The van der Waals surface area contributed by atoms with Crippen molar-refractivity contribution in [1.82, 2.24) is 5.32 Å². The largest absolute Gasteiger partial charge is 0.497 e. The van der Waals surface area contributed by atoms with Crippen LogP contribution < -0.4 is 10.1 Å². The summed E-state index contributed by atoms with van der Waals surface area (Å²) >= 11 is 0. The fourth-order valence-electron chi connectivity index (χ4n) is 2.64. The van der Waals surface area contributed by atoms with E-state index in [9.17, 15) is 14.7 Å². The molecule has 0 saturated carbocycles. The van der Waals surface area contributed by atoms with Gasteiger partial charge in [-0.2, -0.15) is 5.26 Å². The highest BCUT2D eigenvalue weighted by Crippen LogP contribution is 2.24. The lowest BCUT2D eigenvalue weighted by Gasteiger charge is -2.13. The fraction of sp³-hybridized carbons (Fsp3) is 0.150. The van der Waals surface area contributed by atoms with Crippen LogP contribution in [0.2, 0.25) is 0 Å². The van der Waals surface area contributed by atoms with E-state index in [1.165, 1.54) is 13.2 Å². The summed E-state index contributed by atoms with van der Waals surface area (Å²) in [6, 6.07) is 14.0. The number of benzene rings is 2. The molecule has 0 aliphatic heterocycles. The lowest BCUT2D eigenvalue weighted by molar-refractivity contribution is -0.139. The van der Waals surface area contributed by atoms with E-state index in [1.54, 1.807) is 42.5 Å². The molecule has 0 aliphatic rings. The molecule has 7 nitrogen and oxygen atoms in total. The summed E-state index contributed by atoms with van der Waals surface area (Å²) in [5.41, 5.74) is 1.67. The van der Waals surface area contributed by atoms with Crippen LogP contribution in [0, 0.1) is 11.3 Å². The van der Waals surface area contributed by atoms with Gasteiger partial charge in [0.2, 0.25) is 0 Å². The molecule has 0 fully saturated rings. The summed E-state index contributed by atoms with van der Waals surface area (Å²) in [7, 11) is 1.54. The Balaban J connectivity index is 1.76. The number of aliphatic carboxylic acids is 1. The summed E-state index contributed by atoms with van der Waals surface area (Å²) in [6.07, 6.45) is 0.0842. The van der Waals surface area contributed by atoms with Crippen LogP contribution in [0.4, 0.5) is 0 Å². The van der Waals surface area contributed by atoms with Crippen LogP contribution in [0.1, 0.15) is 21.7 Å². The highest BCUT2D eigenvalue weighted by molar-refractivity contribution is 5.98. The second kappa shape index (κ2) is 7.62. The molecule has 2 N–H and O–H groups in total. The molecule has 1 unspecified atom stereocenters. The van der Waals surface area contributed by atoms with Gasteiger partial charge in [-0.1, -0.05) is 12.1 Å². The van der Waals surface area contributed by atoms with Gasteiger partial charge < -0.3 is 19.6 Å². The SMILES string of the molecule is COc1ccc2oc(C(=O)NC(Cc3ccc(C#N)cc3)C(=O)O)cc2c1. The molecule has 0 saturated heterocycles. The number of nitriles is 1. The minimum atomic E-state index is -1.16. The number of nitrogens with zero attached hydrogens (tertiary/aromatic N) is 1. The molecule has 136 valence electrons. The van der Waals surface area contributed by atoms with Crippen molar-refractivity contribution < 1.29 is 23.8 Å². The van der Waals surface area contributed by atoms with Gasteiger partial charge in [-0.3, -0.25) is 4.79 Å². The lowest BCUT2D eigenvalue weighted by atomic mass is 10.0. The molecular weight excluding hydrogens is 348 g/mol. The van der Waals surface area contributed by atoms with Gasteiger partial charge in [-0.25, -0.2) is 4.79 Å². The topological polar surface area (TPSA) is 113 Å². The predicted molar refractivity (Wildman–Crippen MR) is 96.5 cm³/mol. The summed E-state index contributed by atoms with van der Waals surface area (Å²) in [6.45, 7) is 0. The highest BCUT2D eigenvalue weighted by atomic mass is 16.5. The highest BCUT2D eigenvalue weighted by Gasteiger charge is 2.23. The molecule has 0 aliphatic carbocycles. The van der Waals surface area contributed by atoms with Gasteiger partial charge >= 0.3 is 5.97 Å². The van der Waals surface area contributed by atoms with Crippen molar-refractivity contribution in [2.24, 2.45) is 0 Å². The Morgan fingerprint density at radius 3 is 2.59 bits per heavy atom. The predicted octanol–water partition coefficient (Wildman–Crippen LogP) is 2.74. The number of carboxylic acids is 1. The average Bonchev–Trinajstić information content (AvgIpc) is 3.11. The number of hydrogen-bond donors (Lipinski definition) is 2. The van der Waals surface area contributed by atoms with Crippen LogP contribution in [-0.2, 0) is 11.2 Å². The fourth-order valence-corrected chi connectivity index (χ4v) is 2.64. The minimum absolute atomic E-state index is 0.0179. The monoisotopic (exact) mass is 364 g/mol. The number of amides is 1. The van der Waals surface area contributed by atoms with Crippen molar-refractivity contribution in [3.8, 4) is 11.8 Å². The molecule has 27 heavy (non-hydrogen) atoms. The molecule has 7 heteroatoms. The van der Waals surface area contributed by atoms with Crippen LogP contribution in [0.5, 0.6) is 5.75 Å². The standard InChI is InChI=1S/C20H16N2O5/c1-26-15-6-7-17-14(9-15)10-18(27-17)19(23)22-16(20(24)25)8-12-2-4-13(11-21)5-3-12/h2-7,9-10,16H,8H2,1H3,(H,22,23)(H,24,25). The van der Waals surface area contributed by atoms with E-state index in [0.29, 0.717) is 27.8 Å². The number of methoxy groups -OCH3 is 1. The van der Waals surface area contributed by atoms with E-state index >= 15 is 0 Å². The molecule has 0 spiro atoms. The zero-order chi connectivity index (χ0) is 19.4. The Kier molecular flexibility index (Phi) is 5.08. The number of hydrogen-bond acceptors (Lipinski definition) is 5. The Bertz CT molecular complexity index is 1030. The first-order chi connectivity index (χ1) is 13.0. The smallest absolute Gasteiger partial charge is 0.326 e. The normalized spacial score (nSPS) is 11.6. The number of fused-ring (bicyclic) bond motifs is 1. The molecule has 0 radical (unpaired) electrons. The average molecular weight is 364 g/mol. The molecule has 3 rings (SSSR count). The molecule has 1 amide bonds. The number of rotatable bonds is 6. The summed E-state index contributed by atoms with van der Waals surface area (Å²) < 4.78 is 10.6. The molecule has 3 aromatic rings. The van der Waals surface area contributed by atoms with Gasteiger partial charge in [0.25, 0.3) is 5.91 Å². The third kappa shape index (κ3) is 4.07. The molecule has 1 aromatic heterocycles. The summed E-state index contributed by atoms with van der Waals surface area (Å²) in [5, 5.41) is 21.4. The van der Waals surface area contributed by atoms with E-state index in [-0.39, 0.29) is 12.2 Å². The quantitative estimate of drug-likeness (QED) is 0.695. The number of carbonyl (C=O) groups is 2. The second-order valence-corrected chi connectivity index (χ2v) is 5.89. The van der Waals surface area contributed by atoms with Gasteiger partial charge in [0.05, 0.1) is 18.7 Å². The van der Waals surface area contributed by atoms with E-state index in [4.69, 9.17) is 14.4 Å². The maximum atomic E-state index is 12.4. The zero-order valence-corrected chi connectivity index (χ0v) is 14.4. The first kappa shape index (κ1) is 18.0. The Morgan fingerprint density at radius 2 is 1.96 bits per heavy atom. The van der Waals surface area contributed by atoms with Crippen molar-refractivity contribution in [2.75, 3.05) is 7.11 Å². The van der Waals surface area contributed by atoms with Crippen molar-refractivity contribution >= 4 is 22.8 Å². The van der Waals surface area contributed by atoms with Crippen molar-refractivity contribution in [3.63, 3.8) is 0 Å². The van der Waals surface area contributed by atoms with Crippen LogP contribution in [0.3, 0.4) is 0 Å². The summed E-state index contributed by atoms with van der Waals surface area (Å²) in [5.74, 6) is -1.14. The van der Waals surface area contributed by atoms with Crippen LogP contribution in [0.25, 0.3) is 11.0 Å². The first-order valence-electron chi connectivity index (χ1n) is 8.10. The second-order valence-electron chi connectivity index (χ2n) is 5.89. The van der Waals surface area contributed by atoms with Crippen LogP contribution in [-0.4, -0.2) is 30.1 Å². The van der Waals surface area contributed by atoms with Gasteiger partial charge in [0, 0.05) is 11.8 Å². The van der Waals surface area contributed by atoms with Crippen molar-refractivity contribution in [1.29, 1.82) is 5.26 Å². The van der Waals surface area contributed by atoms with E-state index in [2.05, 4.69) is 5.32 Å². The first-order valence-corrected chi connectivity index (χ1v) is 8.10. The Labute approximate surface area is 154 Å². The molecular formula is C20H16N2O5. The lowest BCUT2D eigenvalue weighted by Crippen LogP contribution is -2.42. The van der Waals surface area contributed by atoms with Crippen molar-refractivity contribution in [3.05, 3.63) is 65.4 Å². The number of carbonyl (C=O) groups excluding carboxylic acids is 1. The van der Waals surface area contributed by atoms with E-state index in [0.717, 1.165) is 0 Å². The number of furan rings is 1. The Hall–Kier alpha value is -3.79. The molecule has 1 atom stereocenters. The third-order valence-corrected chi connectivity index (χ3v) is 4.07. The maximum absolute atomic E-state index is 12.4. The van der Waals surface area contributed by atoms with Gasteiger partial charge in [-0.05, 0) is 42.0 Å². The van der Waals surface area contributed by atoms with Crippen LogP contribution >= 0.6 is 0 Å². The van der Waals surface area contributed by atoms with Gasteiger partial charge in [0.1, 0.15) is 17.4 Å². The molecule has 2 aromatic carbocycles. The van der Waals surface area contributed by atoms with Gasteiger partial charge in [-0.15, -0.1) is 0 Å². The number of carboxylic acid groups (broad SMARTS) is 1. The molecule has 1 heterocycles. The van der Waals surface area contributed by atoms with E-state index in [1.807, 2.05) is 6.07 Å². The number of nitrogens with one attached hydrogen (secondary N) is 1. The number of ether oxygens (including phenoxy) is 1. The molecule has 0 bridgehead atoms. The van der Waals surface area contributed by atoms with Gasteiger partial charge in [0.15, 0.2) is 5.76 Å². The zero-order valence-electron chi connectivity index (χ0n) is 14.4. The minimum Gasteiger partial charge on any atom is -0.497 e. The van der Waals surface area contributed by atoms with Crippen LogP contribution in [0.15, 0.2) is 52.9 Å².